The third-order valence-corrected chi connectivity index (χ3v) is 7.14. The van der Waals surface area contributed by atoms with Gasteiger partial charge < -0.3 is 11.2 Å². The SMILES string of the molecule is CC1CN(Cc2ccccc2)CC1C(C)NC(=O)c1cnc(C2CCC(F)(F)CC2)n1N. The Labute approximate surface area is 188 Å². The molecule has 32 heavy (non-hydrogen) atoms. The summed E-state index contributed by atoms with van der Waals surface area (Å²) < 4.78 is 28.2. The first-order chi connectivity index (χ1) is 15.2. The standard InChI is InChI=1S/C24H33F2N5O/c1-16-13-30(14-18-6-4-3-5-7-18)15-20(16)17(2)29-23(32)21-12-28-22(31(21)27)19-8-10-24(25,26)11-9-19/h3-7,12,16-17,19-20H,8-11,13-15,27H2,1-2H3,(H,29,32). The van der Waals surface area contributed by atoms with Crippen LogP contribution in [-0.4, -0.2) is 45.5 Å². The molecule has 4 rings (SSSR count). The molecule has 1 aromatic carbocycles. The number of alkyl halides is 2. The molecule has 1 aromatic heterocycles. The van der Waals surface area contributed by atoms with Crippen LogP contribution in [-0.2, 0) is 6.54 Å². The second kappa shape index (κ2) is 9.17. The lowest BCUT2D eigenvalue weighted by Crippen LogP contribution is -2.42. The van der Waals surface area contributed by atoms with Crippen LogP contribution < -0.4 is 11.2 Å². The molecule has 1 saturated heterocycles. The zero-order chi connectivity index (χ0) is 22.9. The monoisotopic (exact) mass is 445 g/mol. The number of nitrogen functional groups attached to an aromatic ring is 1. The summed E-state index contributed by atoms with van der Waals surface area (Å²) in [6, 6.07) is 10.4. The van der Waals surface area contributed by atoms with Gasteiger partial charge in [0.15, 0.2) is 0 Å². The summed E-state index contributed by atoms with van der Waals surface area (Å²) >= 11 is 0. The Hall–Kier alpha value is -2.48. The number of carbonyl (C=O) groups excluding carboxylic acids is 1. The van der Waals surface area contributed by atoms with E-state index in [2.05, 4.69) is 46.4 Å². The van der Waals surface area contributed by atoms with E-state index in [1.165, 1.54) is 16.4 Å². The average Bonchev–Trinajstić information content (AvgIpc) is 3.31. The Morgan fingerprint density at radius 3 is 2.62 bits per heavy atom. The highest BCUT2D eigenvalue weighted by Crippen LogP contribution is 2.40. The minimum atomic E-state index is -2.61. The van der Waals surface area contributed by atoms with Crippen LogP contribution in [0.1, 0.15) is 67.3 Å². The number of likely N-dealkylation sites (tertiary alicyclic amines) is 1. The molecule has 3 N–H and O–H groups in total. The predicted octanol–water partition coefficient (Wildman–Crippen LogP) is 3.78. The summed E-state index contributed by atoms with van der Waals surface area (Å²) in [4.78, 5) is 19.7. The van der Waals surface area contributed by atoms with Gasteiger partial charge in [-0.1, -0.05) is 37.3 Å². The molecule has 1 amide bonds. The molecular formula is C24H33F2N5O. The van der Waals surface area contributed by atoms with Crippen molar-refractivity contribution < 1.29 is 13.6 Å². The smallest absolute Gasteiger partial charge is 0.271 e. The Morgan fingerprint density at radius 1 is 1.25 bits per heavy atom. The van der Waals surface area contributed by atoms with Crippen molar-refractivity contribution in [2.45, 2.75) is 64.0 Å². The quantitative estimate of drug-likeness (QED) is 0.664. The van der Waals surface area contributed by atoms with E-state index in [4.69, 9.17) is 5.84 Å². The molecule has 174 valence electrons. The van der Waals surface area contributed by atoms with Gasteiger partial charge in [-0.25, -0.2) is 18.4 Å². The Bertz CT molecular complexity index is 922. The van der Waals surface area contributed by atoms with Crippen molar-refractivity contribution >= 4 is 5.91 Å². The molecule has 6 nitrogen and oxygen atoms in total. The number of hydrogen-bond donors (Lipinski definition) is 2. The summed E-state index contributed by atoms with van der Waals surface area (Å²) in [7, 11) is 0. The molecular weight excluding hydrogens is 412 g/mol. The molecule has 1 saturated carbocycles. The fraction of sp³-hybridized carbons (Fsp3) is 0.583. The number of aromatic nitrogens is 2. The van der Waals surface area contributed by atoms with Gasteiger partial charge in [-0.3, -0.25) is 9.69 Å². The van der Waals surface area contributed by atoms with Gasteiger partial charge in [-0.15, -0.1) is 0 Å². The Morgan fingerprint density at radius 2 is 1.94 bits per heavy atom. The van der Waals surface area contributed by atoms with Gasteiger partial charge >= 0.3 is 0 Å². The summed E-state index contributed by atoms with van der Waals surface area (Å²) in [6.45, 7) is 7.07. The maximum Gasteiger partial charge on any atom is 0.271 e. The third kappa shape index (κ3) is 4.95. The zero-order valence-electron chi connectivity index (χ0n) is 18.8. The van der Waals surface area contributed by atoms with E-state index in [1.54, 1.807) is 0 Å². The third-order valence-electron chi connectivity index (χ3n) is 7.14. The lowest BCUT2D eigenvalue weighted by molar-refractivity contribution is -0.0389. The minimum Gasteiger partial charge on any atom is -0.348 e. The number of nitrogens with one attached hydrogen (secondary N) is 1. The van der Waals surface area contributed by atoms with Crippen LogP contribution in [0.3, 0.4) is 0 Å². The number of amides is 1. The molecule has 1 aliphatic heterocycles. The number of benzene rings is 1. The highest BCUT2D eigenvalue weighted by molar-refractivity contribution is 5.92. The van der Waals surface area contributed by atoms with Gasteiger partial charge in [-0.2, -0.15) is 0 Å². The first-order valence-electron chi connectivity index (χ1n) is 11.5. The van der Waals surface area contributed by atoms with Crippen molar-refractivity contribution in [3.63, 3.8) is 0 Å². The zero-order valence-corrected chi connectivity index (χ0v) is 18.8. The van der Waals surface area contributed by atoms with E-state index in [0.717, 1.165) is 19.6 Å². The summed E-state index contributed by atoms with van der Waals surface area (Å²) in [6.07, 6.45) is 1.79. The fourth-order valence-corrected chi connectivity index (χ4v) is 5.25. The van der Waals surface area contributed by atoms with E-state index in [1.807, 2.05) is 13.0 Å². The number of halogens is 2. The van der Waals surface area contributed by atoms with Crippen molar-refractivity contribution in [2.24, 2.45) is 11.8 Å². The number of nitrogens with two attached hydrogens (primary N) is 1. The van der Waals surface area contributed by atoms with Gasteiger partial charge in [-0.05, 0) is 37.2 Å². The van der Waals surface area contributed by atoms with Crippen LogP contribution in [0.15, 0.2) is 36.5 Å². The largest absolute Gasteiger partial charge is 0.348 e. The molecule has 3 atom stereocenters. The van der Waals surface area contributed by atoms with Gasteiger partial charge in [0.1, 0.15) is 11.5 Å². The molecule has 1 aliphatic carbocycles. The van der Waals surface area contributed by atoms with Gasteiger partial charge in [0.2, 0.25) is 5.92 Å². The number of nitrogens with zero attached hydrogens (tertiary/aromatic N) is 3. The molecule has 0 bridgehead atoms. The minimum absolute atomic E-state index is 0.0232. The molecule has 2 heterocycles. The normalized spacial score (nSPS) is 25.0. The molecule has 2 aliphatic rings. The van der Waals surface area contributed by atoms with Crippen LogP contribution >= 0.6 is 0 Å². The average molecular weight is 446 g/mol. The van der Waals surface area contributed by atoms with Crippen LogP contribution in [0.25, 0.3) is 0 Å². The lowest BCUT2D eigenvalue weighted by atomic mass is 9.86. The molecule has 8 heteroatoms. The number of imidazole rings is 1. The number of carbonyl (C=O) groups is 1. The fourth-order valence-electron chi connectivity index (χ4n) is 5.25. The highest BCUT2D eigenvalue weighted by Gasteiger charge is 2.38. The second-order valence-corrected chi connectivity index (χ2v) is 9.58. The molecule has 0 spiro atoms. The predicted molar refractivity (Wildman–Crippen MR) is 120 cm³/mol. The van der Waals surface area contributed by atoms with Crippen molar-refractivity contribution in [3.8, 4) is 0 Å². The number of rotatable bonds is 6. The van der Waals surface area contributed by atoms with Crippen LogP contribution in [0, 0.1) is 11.8 Å². The first-order valence-corrected chi connectivity index (χ1v) is 11.5. The van der Waals surface area contributed by atoms with E-state index in [-0.39, 0.29) is 36.4 Å². The van der Waals surface area contributed by atoms with Crippen molar-refractivity contribution in [3.05, 3.63) is 53.6 Å². The van der Waals surface area contributed by atoms with Gasteiger partial charge in [0, 0.05) is 44.4 Å². The van der Waals surface area contributed by atoms with Crippen LogP contribution in [0.2, 0.25) is 0 Å². The number of hydrogen-bond acceptors (Lipinski definition) is 4. The molecule has 2 aromatic rings. The topological polar surface area (TPSA) is 76.2 Å². The van der Waals surface area contributed by atoms with E-state index in [0.29, 0.717) is 30.5 Å². The van der Waals surface area contributed by atoms with E-state index in [9.17, 15) is 13.6 Å². The Kier molecular flexibility index (Phi) is 6.51. The Balaban J connectivity index is 1.35. The van der Waals surface area contributed by atoms with Gasteiger partial charge in [0.05, 0.1) is 6.20 Å². The van der Waals surface area contributed by atoms with E-state index >= 15 is 0 Å². The van der Waals surface area contributed by atoms with Crippen LogP contribution in [0.5, 0.6) is 0 Å². The summed E-state index contributed by atoms with van der Waals surface area (Å²) in [5.41, 5.74) is 1.56. The van der Waals surface area contributed by atoms with Crippen molar-refractivity contribution in [2.75, 3.05) is 18.9 Å². The second-order valence-electron chi connectivity index (χ2n) is 9.58. The van der Waals surface area contributed by atoms with Crippen molar-refractivity contribution in [1.29, 1.82) is 0 Å². The summed E-state index contributed by atoms with van der Waals surface area (Å²) in [5, 5.41) is 3.10. The van der Waals surface area contributed by atoms with Crippen LogP contribution in [0.4, 0.5) is 8.78 Å². The maximum atomic E-state index is 13.5. The van der Waals surface area contributed by atoms with Crippen molar-refractivity contribution in [1.82, 2.24) is 19.9 Å². The summed E-state index contributed by atoms with van der Waals surface area (Å²) in [5.74, 6) is 4.45. The molecule has 3 unspecified atom stereocenters. The molecule has 0 radical (unpaired) electrons. The maximum absolute atomic E-state index is 13.5. The lowest BCUT2D eigenvalue weighted by Gasteiger charge is -2.27. The van der Waals surface area contributed by atoms with E-state index < -0.39 is 5.92 Å². The molecule has 2 fully saturated rings. The highest BCUT2D eigenvalue weighted by atomic mass is 19.3. The first kappa shape index (κ1) is 22.7. The van der Waals surface area contributed by atoms with Gasteiger partial charge in [0.25, 0.3) is 5.91 Å².